The number of carboxylic acids is 1. The van der Waals surface area contributed by atoms with Crippen molar-refractivity contribution >= 4 is 17.8 Å². The zero-order chi connectivity index (χ0) is 30.2. The second kappa shape index (κ2) is 30.8. The predicted octanol–water partition coefficient (Wildman–Crippen LogP) is 9.61. The Labute approximate surface area is 252 Å². The molecule has 0 aromatic rings. The number of rotatable bonds is 30. The van der Waals surface area contributed by atoms with E-state index in [0.717, 1.165) is 77.0 Å². The number of unbranched alkanes of at least 4 members (excludes halogenated alkanes) is 15. The molecule has 0 aliphatic carbocycles. The van der Waals surface area contributed by atoms with E-state index in [9.17, 15) is 14.4 Å². The van der Waals surface area contributed by atoms with Gasteiger partial charge < -0.3 is 15.2 Å². The topological polar surface area (TPSA) is 92.7 Å². The van der Waals surface area contributed by atoms with Crippen LogP contribution in [0.4, 0.5) is 0 Å². The Bertz CT molecular complexity index is 688. The normalized spacial score (nSPS) is 12.2. The Morgan fingerprint density at radius 2 is 1.17 bits per heavy atom. The van der Waals surface area contributed by atoms with Crippen LogP contribution < -0.4 is 5.32 Å². The third-order valence-corrected chi connectivity index (χ3v) is 7.36. The number of carboxylic acid groups (broad SMARTS) is 1. The second-order valence-electron chi connectivity index (χ2n) is 11.4. The van der Waals surface area contributed by atoms with E-state index in [-0.39, 0.29) is 24.5 Å². The highest BCUT2D eigenvalue weighted by Crippen LogP contribution is 2.18. The molecule has 0 rings (SSSR count). The average molecular weight is 578 g/mol. The van der Waals surface area contributed by atoms with Crippen LogP contribution in [0.3, 0.4) is 0 Å². The number of ether oxygens (including phenoxy) is 1. The van der Waals surface area contributed by atoms with Gasteiger partial charge in [-0.3, -0.25) is 14.4 Å². The van der Waals surface area contributed by atoms with Crippen molar-refractivity contribution in [2.45, 2.75) is 174 Å². The summed E-state index contributed by atoms with van der Waals surface area (Å²) in [5, 5.41) is 11.0. The van der Waals surface area contributed by atoms with E-state index < -0.39 is 5.97 Å². The fourth-order valence-electron chi connectivity index (χ4n) is 4.85. The molecular formula is C35H63NO5. The van der Waals surface area contributed by atoms with E-state index in [1.165, 1.54) is 64.2 Å². The lowest BCUT2D eigenvalue weighted by Gasteiger charge is -2.18. The van der Waals surface area contributed by atoms with E-state index >= 15 is 0 Å². The van der Waals surface area contributed by atoms with Crippen LogP contribution in [0.15, 0.2) is 24.3 Å². The van der Waals surface area contributed by atoms with Crippen molar-refractivity contribution in [2.75, 3.05) is 6.54 Å². The first-order valence-electron chi connectivity index (χ1n) is 17.0. The van der Waals surface area contributed by atoms with Crippen LogP contribution in [0, 0.1) is 0 Å². The number of esters is 1. The van der Waals surface area contributed by atoms with Gasteiger partial charge in [-0.15, -0.1) is 0 Å². The number of carbonyl (C=O) groups excluding carboxylic acids is 2. The lowest BCUT2D eigenvalue weighted by atomic mass is 10.0. The molecule has 2 N–H and O–H groups in total. The quantitative estimate of drug-likeness (QED) is 0.0504. The molecule has 1 atom stereocenters. The highest BCUT2D eigenvalue weighted by atomic mass is 16.5. The van der Waals surface area contributed by atoms with Crippen molar-refractivity contribution in [1.82, 2.24) is 5.32 Å². The summed E-state index contributed by atoms with van der Waals surface area (Å²) in [6.07, 6.45) is 34.4. The molecule has 0 bridgehead atoms. The SMILES string of the molecule is CCC/C=C\C/C=C\CCCCCCCC(=O)OC(CCCCCCCC)CCCCCCCC(=O)NCC(=O)O. The van der Waals surface area contributed by atoms with Crippen LogP contribution in [0.1, 0.15) is 168 Å². The van der Waals surface area contributed by atoms with Crippen molar-refractivity contribution in [3.63, 3.8) is 0 Å². The monoisotopic (exact) mass is 577 g/mol. The van der Waals surface area contributed by atoms with Crippen LogP contribution in [0.25, 0.3) is 0 Å². The van der Waals surface area contributed by atoms with Gasteiger partial charge in [0.15, 0.2) is 0 Å². The van der Waals surface area contributed by atoms with Crippen molar-refractivity contribution in [1.29, 1.82) is 0 Å². The van der Waals surface area contributed by atoms with Crippen molar-refractivity contribution < 1.29 is 24.2 Å². The molecule has 0 aliphatic rings. The summed E-state index contributed by atoms with van der Waals surface area (Å²) < 4.78 is 5.94. The van der Waals surface area contributed by atoms with Crippen LogP contribution in [-0.2, 0) is 19.1 Å². The molecular weight excluding hydrogens is 514 g/mol. The maximum Gasteiger partial charge on any atom is 0.322 e. The summed E-state index contributed by atoms with van der Waals surface area (Å²) in [4.78, 5) is 34.6. The number of aliphatic carboxylic acids is 1. The number of allylic oxidation sites excluding steroid dienone is 4. The molecule has 0 radical (unpaired) electrons. The minimum absolute atomic E-state index is 0.0269. The Morgan fingerprint density at radius 1 is 0.634 bits per heavy atom. The molecule has 0 aliphatic heterocycles. The third-order valence-electron chi connectivity index (χ3n) is 7.36. The summed E-state index contributed by atoms with van der Waals surface area (Å²) >= 11 is 0. The number of amides is 1. The van der Waals surface area contributed by atoms with Crippen LogP contribution >= 0.6 is 0 Å². The molecule has 0 fully saturated rings. The lowest BCUT2D eigenvalue weighted by molar-refractivity contribution is -0.150. The van der Waals surface area contributed by atoms with Gasteiger partial charge in [0.2, 0.25) is 5.91 Å². The zero-order valence-electron chi connectivity index (χ0n) is 26.6. The van der Waals surface area contributed by atoms with Gasteiger partial charge in [0.25, 0.3) is 0 Å². The highest BCUT2D eigenvalue weighted by molar-refractivity contribution is 5.80. The Kier molecular flexibility index (Phi) is 29.3. The van der Waals surface area contributed by atoms with Crippen LogP contribution in [0.2, 0.25) is 0 Å². The fraction of sp³-hybridized carbons (Fsp3) is 0.800. The minimum Gasteiger partial charge on any atom is -0.480 e. The summed E-state index contributed by atoms with van der Waals surface area (Å²) in [5.74, 6) is -1.25. The molecule has 0 spiro atoms. The number of nitrogens with one attached hydrogen (secondary N) is 1. The van der Waals surface area contributed by atoms with Gasteiger partial charge in [-0.05, 0) is 64.2 Å². The Hall–Kier alpha value is -2.11. The van der Waals surface area contributed by atoms with Crippen molar-refractivity contribution in [3.05, 3.63) is 24.3 Å². The summed E-state index contributed by atoms with van der Waals surface area (Å²) in [7, 11) is 0. The minimum atomic E-state index is -1.02. The largest absolute Gasteiger partial charge is 0.480 e. The first-order valence-corrected chi connectivity index (χ1v) is 17.0. The Morgan fingerprint density at radius 3 is 1.78 bits per heavy atom. The van der Waals surface area contributed by atoms with Gasteiger partial charge in [0.05, 0.1) is 0 Å². The number of carbonyl (C=O) groups is 3. The molecule has 6 heteroatoms. The van der Waals surface area contributed by atoms with Gasteiger partial charge in [-0.1, -0.05) is 115 Å². The summed E-state index contributed by atoms with van der Waals surface area (Å²) in [6, 6.07) is 0. The Balaban J connectivity index is 4.08. The van der Waals surface area contributed by atoms with E-state index in [2.05, 4.69) is 43.5 Å². The first-order chi connectivity index (χ1) is 20.0. The van der Waals surface area contributed by atoms with Crippen LogP contribution in [0.5, 0.6) is 0 Å². The van der Waals surface area contributed by atoms with Gasteiger partial charge in [0, 0.05) is 12.8 Å². The molecule has 238 valence electrons. The predicted molar refractivity (Wildman–Crippen MR) is 171 cm³/mol. The lowest BCUT2D eigenvalue weighted by Crippen LogP contribution is -2.28. The van der Waals surface area contributed by atoms with E-state index in [4.69, 9.17) is 9.84 Å². The summed E-state index contributed by atoms with van der Waals surface area (Å²) in [6.45, 7) is 4.12. The maximum atomic E-state index is 12.6. The molecule has 1 amide bonds. The fourth-order valence-corrected chi connectivity index (χ4v) is 4.85. The van der Waals surface area contributed by atoms with E-state index in [1.807, 2.05) is 0 Å². The molecule has 0 heterocycles. The molecule has 0 saturated carbocycles. The average Bonchev–Trinajstić information content (AvgIpc) is 2.95. The highest BCUT2D eigenvalue weighted by Gasteiger charge is 2.14. The number of hydrogen-bond acceptors (Lipinski definition) is 4. The van der Waals surface area contributed by atoms with E-state index in [0.29, 0.717) is 12.8 Å². The van der Waals surface area contributed by atoms with E-state index in [1.54, 1.807) is 0 Å². The standard InChI is InChI=1S/C35H63NO5/c1-3-5-7-9-11-12-13-14-15-16-17-22-26-30-35(40)41-32(27-23-19-10-8-6-4-2)28-24-20-18-21-25-29-33(37)36-31-34(38)39/h7,9,12-13,32H,3-6,8,10-11,14-31H2,1-2H3,(H,36,37)(H,38,39)/b9-7-,13-12-. The maximum absolute atomic E-state index is 12.6. The molecule has 0 aromatic heterocycles. The van der Waals surface area contributed by atoms with Gasteiger partial charge in [-0.25, -0.2) is 0 Å². The molecule has 1 unspecified atom stereocenters. The zero-order valence-corrected chi connectivity index (χ0v) is 26.6. The van der Waals surface area contributed by atoms with Crippen LogP contribution in [-0.4, -0.2) is 35.6 Å². The molecule has 0 saturated heterocycles. The van der Waals surface area contributed by atoms with Gasteiger partial charge in [0.1, 0.15) is 12.6 Å². The van der Waals surface area contributed by atoms with Gasteiger partial charge >= 0.3 is 11.9 Å². The van der Waals surface area contributed by atoms with Crippen molar-refractivity contribution in [3.8, 4) is 0 Å². The first kappa shape index (κ1) is 38.9. The molecule has 41 heavy (non-hydrogen) atoms. The smallest absolute Gasteiger partial charge is 0.322 e. The van der Waals surface area contributed by atoms with Crippen molar-refractivity contribution in [2.24, 2.45) is 0 Å². The molecule has 0 aromatic carbocycles. The third kappa shape index (κ3) is 30.7. The number of hydrogen-bond donors (Lipinski definition) is 2. The molecule has 6 nitrogen and oxygen atoms in total. The summed E-state index contributed by atoms with van der Waals surface area (Å²) in [5.41, 5.74) is 0. The second-order valence-corrected chi connectivity index (χ2v) is 11.4. The van der Waals surface area contributed by atoms with Gasteiger partial charge in [-0.2, -0.15) is 0 Å².